The van der Waals surface area contributed by atoms with E-state index in [1.54, 1.807) is 0 Å². The highest BCUT2D eigenvalue weighted by Crippen LogP contribution is 2.42. The average Bonchev–Trinajstić information content (AvgIpc) is 2.10. The van der Waals surface area contributed by atoms with E-state index in [0.29, 0.717) is 10.8 Å². The zero-order chi connectivity index (χ0) is 13.3. The van der Waals surface area contributed by atoms with E-state index in [1.165, 1.54) is 0 Å². The van der Waals surface area contributed by atoms with E-state index in [4.69, 9.17) is 0 Å². The van der Waals surface area contributed by atoms with Crippen LogP contribution in [0.5, 0.6) is 0 Å². The molecule has 4 atom stereocenters. The average molecular weight is 226 g/mol. The lowest BCUT2D eigenvalue weighted by Crippen LogP contribution is -2.34. The highest BCUT2D eigenvalue weighted by molar-refractivity contribution is 4.83. The van der Waals surface area contributed by atoms with Crippen molar-refractivity contribution in [3.8, 4) is 0 Å². The van der Waals surface area contributed by atoms with Crippen molar-refractivity contribution in [1.29, 1.82) is 0 Å². The van der Waals surface area contributed by atoms with Crippen molar-refractivity contribution in [1.82, 2.24) is 0 Å². The molecule has 0 N–H and O–H groups in total. The molecule has 0 heteroatoms. The van der Waals surface area contributed by atoms with Crippen molar-refractivity contribution < 1.29 is 0 Å². The van der Waals surface area contributed by atoms with E-state index in [1.807, 2.05) is 0 Å². The van der Waals surface area contributed by atoms with Gasteiger partial charge in [0, 0.05) is 0 Å². The second-order valence-corrected chi connectivity index (χ2v) is 8.03. The molecular formula is C16H34. The van der Waals surface area contributed by atoms with Gasteiger partial charge in [0.1, 0.15) is 0 Å². The molecule has 0 aromatic heterocycles. The van der Waals surface area contributed by atoms with Crippen LogP contribution in [0.15, 0.2) is 0 Å². The molecule has 0 saturated carbocycles. The first-order valence-corrected chi connectivity index (χ1v) is 6.89. The molecule has 0 heterocycles. The summed E-state index contributed by atoms with van der Waals surface area (Å²) in [6, 6.07) is 0. The van der Waals surface area contributed by atoms with Crippen molar-refractivity contribution >= 4 is 0 Å². The van der Waals surface area contributed by atoms with Crippen LogP contribution in [0.4, 0.5) is 0 Å². The maximum atomic E-state index is 2.43. The number of hydrogen-bond donors (Lipinski definition) is 0. The van der Waals surface area contributed by atoms with Gasteiger partial charge in [-0.1, -0.05) is 69.2 Å². The molecule has 0 aliphatic rings. The molecule has 0 amide bonds. The van der Waals surface area contributed by atoms with Gasteiger partial charge in [-0.3, -0.25) is 0 Å². The van der Waals surface area contributed by atoms with Gasteiger partial charge in [-0.2, -0.15) is 0 Å². The molecule has 0 aliphatic carbocycles. The van der Waals surface area contributed by atoms with Crippen molar-refractivity contribution in [3.05, 3.63) is 0 Å². The van der Waals surface area contributed by atoms with Crippen LogP contribution in [0.25, 0.3) is 0 Å². The van der Waals surface area contributed by atoms with Crippen molar-refractivity contribution in [2.45, 2.75) is 69.2 Å². The van der Waals surface area contributed by atoms with E-state index in [-0.39, 0.29) is 0 Å². The lowest BCUT2D eigenvalue weighted by molar-refractivity contribution is 0.0759. The Morgan fingerprint density at radius 1 is 0.500 bits per heavy atom. The molecule has 0 aliphatic heterocycles. The van der Waals surface area contributed by atoms with Crippen molar-refractivity contribution in [3.63, 3.8) is 0 Å². The van der Waals surface area contributed by atoms with E-state index in [0.717, 1.165) is 23.7 Å². The van der Waals surface area contributed by atoms with Crippen molar-refractivity contribution in [2.75, 3.05) is 0 Å². The molecule has 0 bridgehead atoms. The molecule has 0 nitrogen and oxygen atoms in total. The third-order valence-corrected chi connectivity index (χ3v) is 5.14. The van der Waals surface area contributed by atoms with Gasteiger partial charge in [-0.15, -0.1) is 0 Å². The number of rotatable bonds is 3. The second kappa shape index (κ2) is 5.10. The minimum Gasteiger partial charge on any atom is -0.0620 e. The third kappa shape index (κ3) is 4.11. The molecule has 0 aromatic rings. The van der Waals surface area contributed by atoms with Crippen LogP contribution in [-0.4, -0.2) is 0 Å². The second-order valence-electron chi connectivity index (χ2n) is 8.03. The van der Waals surface area contributed by atoms with E-state index in [9.17, 15) is 0 Å². The highest BCUT2D eigenvalue weighted by atomic mass is 14.4. The van der Waals surface area contributed by atoms with Gasteiger partial charge in [-0.05, 0) is 34.5 Å². The summed E-state index contributed by atoms with van der Waals surface area (Å²) in [5.41, 5.74) is 0.844. The first kappa shape index (κ1) is 16.0. The monoisotopic (exact) mass is 226 g/mol. The predicted octanol–water partition coefficient (Wildman–Crippen LogP) is 5.62. The summed E-state index contributed by atoms with van der Waals surface area (Å²) in [4.78, 5) is 0. The smallest absolute Gasteiger partial charge is 0.0354 e. The summed E-state index contributed by atoms with van der Waals surface area (Å²) in [5, 5.41) is 0. The van der Waals surface area contributed by atoms with Crippen LogP contribution >= 0.6 is 0 Å². The Morgan fingerprint density at radius 2 is 0.688 bits per heavy atom. The largest absolute Gasteiger partial charge is 0.0620 e. The summed E-state index contributed by atoms with van der Waals surface area (Å²) in [5.74, 6) is 3.11. The summed E-state index contributed by atoms with van der Waals surface area (Å²) in [6.07, 6.45) is 0. The van der Waals surface area contributed by atoms with Crippen LogP contribution in [0.3, 0.4) is 0 Å². The lowest BCUT2D eigenvalue weighted by Gasteiger charge is -2.41. The minimum atomic E-state index is 0.422. The topological polar surface area (TPSA) is 0 Å². The van der Waals surface area contributed by atoms with Gasteiger partial charge in [0.15, 0.2) is 0 Å². The molecule has 0 rings (SSSR count). The zero-order valence-corrected chi connectivity index (χ0v) is 13.3. The van der Waals surface area contributed by atoms with Crippen LogP contribution in [0.2, 0.25) is 0 Å². The Bertz CT molecular complexity index is 177. The molecule has 0 saturated heterocycles. The van der Waals surface area contributed by atoms with E-state index >= 15 is 0 Å². The van der Waals surface area contributed by atoms with Crippen LogP contribution < -0.4 is 0 Å². The Hall–Kier alpha value is 0. The van der Waals surface area contributed by atoms with Gasteiger partial charge in [0.2, 0.25) is 0 Å². The standard InChI is InChI=1S/C16H34/c1-11(13(3)15(5,6)7)12(2)14(4)16(8,9)10/h11-14H,1-10H3. The van der Waals surface area contributed by atoms with Gasteiger partial charge in [0.05, 0.1) is 0 Å². The predicted molar refractivity (Wildman–Crippen MR) is 75.6 cm³/mol. The summed E-state index contributed by atoms with van der Waals surface area (Å²) < 4.78 is 0. The van der Waals surface area contributed by atoms with Crippen LogP contribution in [-0.2, 0) is 0 Å². The van der Waals surface area contributed by atoms with Gasteiger partial charge in [-0.25, -0.2) is 0 Å². The highest BCUT2D eigenvalue weighted by Gasteiger charge is 2.34. The molecule has 0 fully saturated rings. The molecule has 16 heavy (non-hydrogen) atoms. The fourth-order valence-corrected chi connectivity index (χ4v) is 2.49. The first-order chi connectivity index (χ1) is 6.89. The maximum absolute atomic E-state index is 2.43. The summed E-state index contributed by atoms with van der Waals surface area (Å²) >= 11 is 0. The number of hydrogen-bond acceptors (Lipinski definition) is 0. The van der Waals surface area contributed by atoms with E-state index in [2.05, 4.69) is 69.2 Å². The fraction of sp³-hybridized carbons (Fsp3) is 1.00. The Balaban J connectivity index is 4.68. The van der Waals surface area contributed by atoms with Gasteiger partial charge in [0.25, 0.3) is 0 Å². The van der Waals surface area contributed by atoms with E-state index < -0.39 is 0 Å². The van der Waals surface area contributed by atoms with Crippen LogP contribution in [0, 0.1) is 34.5 Å². The SMILES string of the molecule is CC(C(C)C(C)C(C)(C)C)C(C)C(C)(C)C. The Morgan fingerprint density at radius 3 is 0.812 bits per heavy atom. The molecule has 0 spiro atoms. The van der Waals surface area contributed by atoms with Crippen molar-refractivity contribution in [2.24, 2.45) is 34.5 Å². The summed E-state index contributed by atoms with van der Waals surface area (Å²) in [7, 11) is 0. The molecule has 0 radical (unpaired) electrons. The summed E-state index contributed by atoms with van der Waals surface area (Å²) in [6.45, 7) is 23.9. The van der Waals surface area contributed by atoms with Gasteiger partial charge >= 0.3 is 0 Å². The quantitative estimate of drug-likeness (QED) is 0.585. The third-order valence-electron chi connectivity index (χ3n) is 5.14. The molecule has 0 aromatic carbocycles. The lowest BCUT2D eigenvalue weighted by atomic mass is 9.64. The zero-order valence-electron chi connectivity index (χ0n) is 13.3. The van der Waals surface area contributed by atoms with Crippen LogP contribution in [0.1, 0.15) is 69.2 Å². The maximum Gasteiger partial charge on any atom is -0.0354 e. The fourth-order valence-electron chi connectivity index (χ4n) is 2.49. The minimum absolute atomic E-state index is 0.422. The Labute approximate surface area is 104 Å². The van der Waals surface area contributed by atoms with Gasteiger partial charge < -0.3 is 0 Å². The Kier molecular flexibility index (Phi) is 5.10. The molecule has 98 valence electrons. The molecular weight excluding hydrogens is 192 g/mol. The first-order valence-electron chi connectivity index (χ1n) is 6.89. The normalized spacial score (nSPS) is 21.4. The molecule has 4 unspecified atom stereocenters.